The minimum Gasteiger partial charge on any atom is -0.479 e. The summed E-state index contributed by atoms with van der Waals surface area (Å²) in [5.74, 6) is -0.920. The largest absolute Gasteiger partial charge is 0.479 e. The molecule has 0 spiro atoms. The quantitative estimate of drug-likeness (QED) is 0.878. The van der Waals surface area contributed by atoms with Crippen LogP contribution >= 0.6 is 0 Å². The first-order chi connectivity index (χ1) is 9.49. The summed E-state index contributed by atoms with van der Waals surface area (Å²) in [6.07, 6.45) is 3.37. The Kier molecular flexibility index (Phi) is 4.08. The summed E-state index contributed by atoms with van der Waals surface area (Å²) in [5, 5.41) is 16.7. The first-order valence-corrected chi connectivity index (χ1v) is 6.58. The molecule has 1 unspecified atom stereocenters. The number of carboxylic acids is 1. The average Bonchev–Trinajstić information content (AvgIpc) is 2.87. The van der Waals surface area contributed by atoms with Crippen LogP contribution in [0.5, 0.6) is 0 Å². The lowest BCUT2D eigenvalue weighted by Gasteiger charge is -2.16. The number of aliphatic carboxylic acids is 1. The van der Waals surface area contributed by atoms with E-state index in [4.69, 9.17) is 0 Å². The molecule has 0 aliphatic carbocycles. The maximum absolute atomic E-state index is 11.5. The number of benzene rings is 1. The van der Waals surface area contributed by atoms with Crippen LogP contribution in [0.25, 0.3) is 0 Å². The topological polar surface area (TPSA) is 67.2 Å². The zero-order valence-electron chi connectivity index (χ0n) is 11.9. The van der Waals surface area contributed by atoms with Gasteiger partial charge in [0.2, 0.25) is 0 Å². The number of hydrogen-bond donors (Lipinski definition) is 2. The van der Waals surface area contributed by atoms with Crippen molar-refractivity contribution >= 4 is 11.7 Å². The second-order valence-corrected chi connectivity index (χ2v) is 5.08. The zero-order valence-corrected chi connectivity index (χ0v) is 11.9. The van der Waals surface area contributed by atoms with Gasteiger partial charge in [-0.2, -0.15) is 5.10 Å². The first-order valence-electron chi connectivity index (χ1n) is 6.58. The van der Waals surface area contributed by atoms with Crippen molar-refractivity contribution in [3.05, 3.63) is 47.8 Å². The Labute approximate surface area is 118 Å². The third-order valence-corrected chi connectivity index (χ3v) is 3.18. The molecular weight excluding hydrogens is 254 g/mol. The molecule has 0 amide bonds. The van der Waals surface area contributed by atoms with Gasteiger partial charge in [0, 0.05) is 23.5 Å². The number of aryl methyl sites for hydroxylation is 1. The second kappa shape index (κ2) is 5.77. The molecule has 0 saturated heterocycles. The van der Waals surface area contributed by atoms with E-state index in [9.17, 15) is 9.90 Å². The Morgan fingerprint density at radius 2 is 2.05 bits per heavy atom. The van der Waals surface area contributed by atoms with E-state index in [0.29, 0.717) is 5.56 Å². The van der Waals surface area contributed by atoms with Crippen molar-refractivity contribution in [1.82, 2.24) is 9.78 Å². The van der Waals surface area contributed by atoms with Gasteiger partial charge in [0.05, 0.1) is 6.20 Å². The summed E-state index contributed by atoms with van der Waals surface area (Å²) in [4.78, 5) is 11.5. The Morgan fingerprint density at radius 3 is 2.60 bits per heavy atom. The Bertz CT molecular complexity index is 605. The molecule has 5 nitrogen and oxygen atoms in total. The molecular formula is C15H19N3O2. The number of hydrogen-bond acceptors (Lipinski definition) is 3. The molecule has 2 rings (SSSR count). The van der Waals surface area contributed by atoms with Crippen LogP contribution in [0.15, 0.2) is 36.7 Å². The standard InChI is InChI=1S/C15H19N3O2/c1-10(2)18-9-12(8-16-18)14(15(19)20)17-13-7-5-4-6-11(13)3/h4-10,14,17H,1-3H3,(H,19,20). The van der Waals surface area contributed by atoms with E-state index in [1.165, 1.54) is 0 Å². The lowest BCUT2D eigenvalue weighted by Crippen LogP contribution is -2.20. The number of aromatic nitrogens is 2. The summed E-state index contributed by atoms with van der Waals surface area (Å²) >= 11 is 0. The Hall–Kier alpha value is -2.30. The minimum absolute atomic E-state index is 0.205. The van der Waals surface area contributed by atoms with Crippen molar-refractivity contribution in [2.45, 2.75) is 32.9 Å². The van der Waals surface area contributed by atoms with E-state index in [2.05, 4.69) is 10.4 Å². The smallest absolute Gasteiger partial charge is 0.330 e. The Balaban J connectivity index is 2.27. The monoisotopic (exact) mass is 273 g/mol. The highest BCUT2D eigenvalue weighted by Crippen LogP contribution is 2.23. The summed E-state index contributed by atoms with van der Waals surface area (Å²) in [5.41, 5.74) is 2.47. The molecule has 0 aliphatic heterocycles. The molecule has 20 heavy (non-hydrogen) atoms. The second-order valence-electron chi connectivity index (χ2n) is 5.08. The predicted octanol–water partition coefficient (Wildman–Crippen LogP) is 3.01. The summed E-state index contributed by atoms with van der Waals surface area (Å²) in [6, 6.07) is 7.02. The zero-order chi connectivity index (χ0) is 14.7. The number of carbonyl (C=O) groups is 1. The lowest BCUT2D eigenvalue weighted by atomic mass is 10.1. The molecule has 0 aliphatic rings. The number of nitrogens with zero attached hydrogens (tertiary/aromatic N) is 2. The van der Waals surface area contributed by atoms with Crippen molar-refractivity contribution in [2.75, 3.05) is 5.32 Å². The van der Waals surface area contributed by atoms with Gasteiger partial charge in [0.1, 0.15) is 0 Å². The number of para-hydroxylation sites is 1. The van der Waals surface area contributed by atoms with E-state index >= 15 is 0 Å². The van der Waals surface area contributed by atoms with Crippen LogP contribution < -0.4 is 5.32 Å². The van der Waals surface area contributed by atoms with Crippen LogP contribution in [0.2, 0.25) is 0 Å². The molecule has 1 atom stereocenters. The number of rotatable bonds is 5. The highest BCUT2D eigenvalue weighted by molar-refractivity contribution is 5.79. The molecule has 2 N–H and O–H groups in total. The van der Waals surface area contributed by atoms with Gasteiger partial charge in [-0.1, -0.05) is 18.2 Å². The van der Waals surface area contributed by atoms with Crippen LogP contribution in [0, 0.1) is 6.92 Å². The normalized spacial score (nSPS) is 12.4. The first kappa shape index (κ1) is 14.1. The van der Waals surface area contributed by atoms with E-state index in [1.54, 1.807) is 17.1 Å². The maximum atomic E-state index is 11.5. The van der Waals surface area contributed by atoms with Crippen LogP contribution in [0.4, 0.5) is 5.69 Å². The van der Waals surface area contributed by atoms with Gasteiger partial charge < -0.3 is 10.4 Å². The lowest BCUT2D eigenvalue weighted by molar-refractivity contribution is -0.138. The van der Waals surface area contributed by atoms with Crippen molar-refractivity contribution < 1.29 is 9.90 Å². The third-order valence-electron chi connectivity index (χ3n) is 3.18. The van der Waals surface area contributed by atoms with Crippen molar-refractivity contribution in [3.63, 3.8) is 0 Å². The highest BCUT2D eigenvalue weighted by atomic mass is 16.4. The molecule has 2 aromatic rings. The number of carboxylic acid groups (broad SMARTS) is 1. The van der Waals surface area contributed by atoms with E-state index < -0.39 is 12.0 Å². The van der Waals surface area contributed by atoms with Crippen LogP contribution in [-0.2, 0) is 4.79 Å². The van der Waals surface area contributed by atoms with E-state index in [-0.39, 0.29) is 6.04 Å². The SMILES string of the molecule is Cc1ccccc1NC(C(=O)O)c1cnn(C(C)C)c1. The van der Waals surface area contributed by atoms with Crippen LogP contribution in [-0.4, -0.2) is 20.9 Å². The summed E-state index contributed by atoms with van der Waals surface area (Å²) in [6.45, 7) is 5.95. The van der Waals surface area contributed by atoms with E-state index in [1.807, 2.05) is 45.0 Å². The molecule has 106 valence electrons. The molecule has 1 aromatic heterocycles. The van der Waals surface area contributed by atoms with Crippen molar-refractivity contribution in [3.8, 4) is 0 Å². The van der Waals surface area contributed by atoms with Gasteiger partial charge in [0.25, 0.3) is 0 Å². The molecule has 0 radical (unpaired) electrons. The Morgan fingerprint density at radius 1 is 1.35 bits per heavy atom. The molecule has 0 fully saturated rings. The van der Waals surface area contributed by atoms with Crippen LogP contribution in [0.1, 0.15) is 37.1 Å². The maximum Gasteiger partial charge on any atom is 0.330 e. The molecule has 5 heteroatoms. The van der Waals surface area contributed by atoms with Gasteiger partial charge in [-0.15, -0.1) is 0 Å². The van der Waals surface area contributed by atoms with Gasteiger partial charge >= 0.3 is 5.97 Å². The van der Waals surface area contributed by atoms with Gasteiger partial charge in [-0.25, -0.2) is 4.79 Å². The van der Waals surface area contributed by atoms with Crippen LogP contribution in [0.3, 0.4) is 0 Å². The molecule has 0 saturated carbocycles. The predicted molar refractivity (Wildman–Crippen MR) is 77.8 cm³/mol. The van der Waals surface area contributed by atoms with E-state index in [0.717, 1.165) is 11.3 Å². The molecule has 0 bridgehead atoms. The van der Waals surface area contributed by atoms with Gasteiger partial charge in [-0.05, 0) is 32.4 Å². The summed E-state index contributed by atoms with van der Waals surface area (Å²) in [7, 11) is 0. The fourth-order valence-corrected chi connectivity index (χ4v) is 1.96. The fraction of sp³-hybridized carbons (Fsp3) is 0.333. The van der Waals surface area contributed by atoms with Crippen molar-refractivity contribution in [2.24, 2.45) is 0 Å². The summed E-state index contributed by atoms with van der Waals surface area (Å²) < 4.78 is 1.75. The minimum atomic E-state index is -0.920. The molecule has 1 aromatic carbocycles. The molecule has 1 heterocycles. The average molecular weight is 273 g/mol. The number of nitrogens with one attached hydrogen (secondary N) is 1. The van der Waals surface area contributed by atoms with Crippen molar-refractivity contribution in [1.29, 1.82) is 0 Å². The number of anilines is 1. The van der Waals surface area contributed by atoms with Gasteiger partial charge in [0.15, 0.2) is 6.04 Å². The fourth-order valence-electron chi connectivity index (χ4n) is 1.96. The third kappa shape index (κ3) is 2.99. The van der Waals surface area contributed by atoms with Gasteiger partial charge in [-0.3, -0.25) is 4.68 Å². The highest BCUT2D eigenvalue weighted by Gasteiger charge is 2.22.